The lowest BCUT2D eigenvalue weighted by Crippen LogP contribution is -2.51. The summed E-state index contributed by atoms with van der Waals surface area (Å²) >= 11 is 0. The Bertz CT molecular complexity index is 1100. The van der Waals surface area contributed by atoms with Crippen molar-refractivity contribution in [2.24, 2.45) is 0 Å². The molecule has 1 aliphatic heterocycles. The third-order valence-electron chi connectivity index (χ3n) is 4.53. The smallest absolute Gasteiger partial charge is 0.410 e. The topological polar surface area (TPSA) is 115 Å². The Hall–Kier alpha value is -3.02. The zero-order valence-electron chi connectivity index (χ0n) is 17.7. The van der Waals surface area contributed by atoms with E-state index < -0.39 is 33.3 Å². The fourth-order valence-corrected chi connectivity index (χ4v) is 3.60. The van der Waals surface area contributed by atoms with Gasteiger partial charge in [0.05, 0.1) is 11.1 Å². The van der Waals surface area contributed by atoms with Crippen LogP contribution in [0.2, 0.25) is 0 Å². The van der Waals surface area contributed by atoms with E-state index in [1.165, 1.54) is 28.1 Å². The van der Waals surface area contributed by atoms with Gasteiger partial charge >= 0.3 is 6.09 Å². The average Bonchev–Trinajstić information content (AvgIpc) is 3.15. The molecule has 168 valence electrons. The number of rotatable bonds is 3. The number of halogens is 1. The number of hydrogen-bond donors (Lipinski definition) is 0. The van der Waals surface area contributed by atoms with Gasteiger partial charge in [0.15, 0.2) is 15.5 Å². The first-order chi connectivity index (χ1) is 14.3. The van der Waals surface area contributed by atoms with Crippen LogP contribution in [-0.2, 0) is 14.6 Å². The Morgan fingerprint density at radius 1 is 1.10 bits per heavy atom. The Labute approximate surface area is 179 Å². The van der Waals surface area contributed by atoms with Gasteiger partial charge in [0, 0.05) is 32.4 Å². The molecule has 2 amide bonds. The summed E-state index contributed by atoms with van der Waals surface area (Å²) < 4.78 is 43.9. The van der Waals surface area contributed by atoms with Crippen molar-refractivity contribution in [3.63, 3.8) is 0 Å². The molecule has 3 rings (SSSR count). The lowest BCUT2D eigenvalue weighted by Gasteiger charge is -2.35. The van der Waals surface area contributed by atoms with Crippen molar-refractivity contribution >= 4 is 21.8 Å². The summed E-state index contributed by atoms with van der Waals surface area (Å²) in [7, 11) is -3.55. The number of amides is 2. The van der Waals surface area contributed by atoms with Crippen LogP contribution < -0.4 is 0 Å². The SMILES string of the molecule is CC(C)(C)OC(=O)N1CCN(C(=O)c2cn(-c3ccc(S(C)(=O)=O)cc3F)nn2)CC1. The maximum atomic E-state index is 14.4. The standard InChI is InChI=1S/C19H24FN5O5S/c1-19(2,3)30-18(27)24-9-7-23(8-10-24)17(26)15-12-25(22-21-15)16-6-5-13(11-14(16)20)31(4,28)29/h5-6,11-12H,7-10H2,1-4H3. The maximum absolute atomic E-state index is 14.4. The van der Waals surface area contributed by atoms with E-state index in [4.69, 9.17) is 4.74 Å². The normalized spacial score (nSPS) is 15.1. The van der Waals surface area contributed by atoms with Gasteiger partial charge in [-0.15, -0.1) is 5.10 Å². The van der Waals surface area contributed by atoms with E-state index >= 15 is 0 Å². The highest BCUT2D eigenvalue weighted by molar-refractivity contribution is 7.90. The highest BCUT2D eigenvalue weighted by atomic mass is 32.2. The van der Waals surface area contributed by atoms with Crippen molar-refractivity contribution in [2.75, 3.05) is 32.4 Å². The number of piperazine rings is 1. The molecule has 1 saturated heterocycles. The quantitative estimate of drug-likeness (QED) is 0.692. The van der Waals surface area contributed by atoms with E-state index in [-0.39, 0.29) is 16.3 Å². The third kappa shape index (κ3) is 5.37. The summed E-state index contributed by atoms with van der Waals surface area (Å²) in [5, 5.41) is 7.60. The monoisotopic (exact) mass is 453 g/mol. The molecule has 1 aliphatic rings. The third-order valence-corrected chi connectivity index (χ3v) is 5.64. The van der Waals surface area contributed by atoms with Crippen molar-refractivity contribution in [1.29, 1.82) is 0 Å². The fraction of sp³-hybridized carbons (Fsp3) is 0.474. The Morgan fingerprint density at radius 2 is 1.71 bits per heavy atom. The first kappa shape index (κ1) is 22.7. The van der Waals surface area contributed by atoms with Gasteiger partial charge in [0.2, 0.25) is 0 Å². The van der Waals surface area contributed by atoms with Gasteiger partial charge in [-0.3, -0.25) is 4.79 Å². The number of benzene rings is 1. The second-order valence-corrected chi connectivity index (χ2v) is 10.2. The number of aromatic nitrogens is 3. The number of carbonyl (C=O) groups is 2. The minimum absolute atomic E-state index is 0.0114. The summed E-state index contributed by atoms with van der Waals surface area (Å²) in [5.74, 6) is -1.21. The molecule has 0 unspecified atom stereocenters. The van der Waals surface area contributed by atoms with Crippen molar-refractivity contribution in [2.45, 2.75) is 31.3 Å². The van der Waals surface area contributed by atoms with Crippen LogP contribution >= 0.6 is 0 Å². The van der Waals surface area contributed by atoms with Crippen LogP contribution in [0.3, 0.4) is 0 Å². The molecule has 31 heavy (non-hydrogen) atoms. The van der Waals surface area contributed by atoms with E-state index in [0.717, 1.165) is 17.0 Å². The minimum Gasteiger partial charge on any atom is -0.444 e. The van der Waals surface area contributed by atoms with Crippen molar-refractivity contribution in [3.8, 4) is 5.69 Å². The van der Waals surface area contributed by atoms with Gasteiger partial charge < -0.3 is 14.5 Å². The van der Waals surface area contributed by atoms with Crippen LogP contribution in [-0.4, -0.2) is 83.2 Å². The van der Waals surface area contributed by atoms with Gasteiger partial charge in [-0.05, 0) is 39.0 Å². The molecule has 0 N–H and O–H groups in total. The van der Waals surface area contributed by atoms with E-state index in [0.29, 0.717) is 26.2 Å². The van der Waals surface area contributed by atoms with Crippen LogP contribution in [0.4, 0.5) is 9.18 Å². The van der Waals surface area contributed by atoms with Crippen LogP contribution in [0.25, 0.3) is 5.69 Å². The van der Waals surface area contributed by atoms with E-state index in [1.807, 2.05) is 0 Å². The number of sulfone groups is 1. The van der Waals surface area contributed by atoms with E-state index in [2.05, 4.69) is 10.3 Å². The molecular weight excluding hydrogens is 429 g/mol. The molecule has 2 aromatic rings. The molecular formula is C19H24FN5O5S. The lowest BCUT2D eigenvalue weighted by atomic mass is 10.2. The second kappa shape index (κ2) is 8.25. The van der Waals surface area contributed by atoms with Gasteiger partial charge in [-0.1, -0.05) is 5.21 Å². The Morgan fingerprint density at radius 3 is 2.26 bits per heavy atom. The zero-order valence-corrected chi connectivity index (χ0v) is 18.5. The average molecular weight is 453 g/mol. The first-order valence-electron chi connectivity index (χ1n) is 9.55. The first-order valence-corrected chi connectivity index (χ1v) is 11.4. The van der Waals surface area contributed by atoms with Crippen LogP contribution in [0.5, 0.6) is 0 Å². The largest absolute Gasteiger partial charge is 0.444 e. The van der Waals surface area contributed by atoms with Crippen LogP contribution in [0, 0.1) is 5.82 Å². The molecule has 12 heteroatoms. The molecule has 10 nitrogen and oxygen atoms in total. The van der Waals surface area contributed by atoms with Crippen LogP contribution in [0.1, 0.15) is 31.3 Å². The molecule has 1 fully saturated rings. The summed E-state index contributed by atoms with van der Waals surface area (Å²) in [6.07, 6.45) is 1.83. The van der Waals surface area contributed by atoms with E-state index in [1.54, 1.807) is 20.8 Å². The van der Waals surface area contributed by atoms with Gasteiger partial charge in [0.25, 0.3) is 5.91 Å². The molecule has 0 atom stereocenters. The lowest BCUT2D eigenvalue weighted by molar-refractivity contribution is 0.0140. The maximum Gasteiger partial charge on any atom is 0.410 e. The predicted molar refractivity (Wildman–Crippen MR) is 108 cm³/mol. The van der Waals surface area contributed by atoms with Crippen molar-refractivity contribution in [3.05, 3.63) is 35.9 Å². The number of carbonyl (C=O) groups excluding carboxylic acids is 2. The van der Waals surface area contributed by atoms with Gasteiger partial charge in [0.1, 0.15) is 17.1 Å². The molecule has 0 radical (unpaired) electrons. The van der Waals surface area contributed by atoms with Crippen LogP contribution in [0.15, 0.2) is 29.3 Å². The summed E-state index contributed by atoms with van der Waals surface area (Å²) in [6.45, 7) is 6.57. The predicted octanol–water partition coefficient (Wildman–Crippen LogP) is 1.50. The van der Waals surface area contributed by atoms with Crippen molar-refractivity contribution in [1.82, 2.24) is 24.8 Å². The molecule has 0 aliphatic carbocycles. The minimum atomic E-state index is -3.55. The molecule has 1 aromatic carbocycles. The van der Waals surface area contributed by atoms with Gasteiger partial charge in [-0.25, -0.2) is 22.3 Å². The number of ether oxygens (including phenoxy) is 1. The highest BCUT2D eigenvalue weighted by Crippen LogP contribution is 2.19. The summed E-state index contributed by atoms with van der Waals surface area (Å²) in [4.78, 5) is 27.8. The Kier molecular flexibility index (Phi) is 6.03. The van der Waals surface area contributed by atoms with Gasteiger partial charge in [-0.2, -0.15) is 0 Å². The fourth-order valence-electron chi connectivity index (χ4n) is 2.96. The second-order valence-electron chi connectivity index (χ2n) is 8.19. The summed E-state index contributed by atoms with van der Waals surface area (Å²) in [6, 6.07) is 3.41. The molecule has 2 heterocycles. The molecule has 0 bridgehead atoms. The molecule has 0 spiro atoms. The Balaban J connectivity index is 1.67. The van der Waals surface area contributed by atoms with E-state index in [9.17, 15) is 22.4 Å². The highest BCUT2D eigenvalue weighted by Gasteiger charge is 2.29. The number of hydrogen-bond acceptors (Lipinski definition) is 7. The van der Waals surface area contributed by atoms with Crippen molar-refractivity contribution < 1.29 is 27.1 Å². The molecule has 0 saturated carbocycles. The number of nitrogens with zero attached hydrogens (tertiary/aromatic N) is 5. The zero-order chi connectivity index (χ0) is 23.0. The molecule has 1 aromatic heterocycles. The summed E-state index contributed by atoms with van der Waals surface area (Å²) in [5.41, 5.74) is -0.622.